The minimum absolute atomic E-state index is 0.144. The Bertz CT molecular complexity index is 606. The van der Waals surface area contributed by atoms with Crippen molar-refractivity contribution in [3.05, 3.63) is 47.5 Å². The molecule has 0 aliphatic carbocycles. The van der Waals surface area contributed by atoms with Gasteiger partial charge in [-0.2, -0.15) is 0 Å². The van der Waals surface area contributed by atoms with Crippen LogP contribution in [0.4, 0.5) is 5.69 Å². The summed E-state index contributed by atoms with van der Waals surface area (Å²) in [5, 5.41) is 0.741. The number of hydrogen-bond acceptors (Lipinski definition) is 3. The maximum atomic E-state index is 12.2. The lowest BCUT2D eigenvalue weighted by Gasteiger charge is -2.36. The fourth-order valence-corrected chi connectivity index (χ4v) is 2.73. The van der Waals surface area contributed by atoms with E-state index in [9.17, 15) is 4.79 Å². The standard InChI is InChI=1S/C15H17ClN4O/c16-12-2-1-3-14(8-12)19-4-6-20(7-5-19)15(21)9-13-10-17-11-18-13/h1-3,8,10-11H,4-7,9H2,(H,17,18). The molecule has 1 N–H and O–H groups in total. The van der Waals surface area contributed by atoms with Crippen molar-refractivity contribution in [3.8, 4) is 0 Å². The lowest BCUT2D eigenvalue weighted by atomic mass is 10.2. The number of carbonyl (C=O) groups excluding carboxylic acids is 1. The predicted octanol–water partition coefficient (Wildman–Crippen LogP) is 1.95. The third kappa shape index (κ3) is 3.36. The minimum Gasteiger partial charge on any atom is -0.368 e. The molecule has 5 nitrogen and oxygen atoms in total. The van der Waals surface area contributed by atoms with Gasteiger partial charge >= 0.3 is 0 Å². The van der Waals surface area contributed by atoms with Crippen LogP contribution in [0.25, 0.3) is 0 Å². The summed E-state index contributed by atoms with van der Waals surface area (Å²) in [4.78, 5) is 23.3. The Labute approximate surface area is 128 Å². The van der Waals surface area contributed by atoms with E-state index in [1.807, 2.05) is 29.2 Å². The van der Waals surface area contributed by atoms with E-state index in [-0.39, 0.29) is 5.91 Å². The monoisotopic (exact) mass is 304 g/mol. The van der Waals surface area contributed by atoms with Crippen LogP contribution >= 0.6 is 11.6 Å². The van der Waals surface area contributed by atoms with Gasteiger partial charge in [-0.15, -0.1) is 0 Å². The van der Waals surface area contributed by atoms with Crippen LogP contribution in [0.2, 0.25) is 5.02 Å². The molecule has 3 rings (SSSR count). The van der Waals surface area contributed by atoms with Crippen LogP contribution in [0.3, 0.4) is 0 Å². The van der Waals surface area contributed by atoms with Gasteiger partial charge in [-0.3, -0.25) is 4.79 Å². The average molecular weight is 305 g/mol. The number of imidazole rings is 1. The van der Waals surface area contributed by atoms with Crippen LogP contribution < -0.4 is 4.90 Å². The van der Waals surface area contributed by atoms with E-state index in [1.54, 1.807) is 12.5 Å². The van der Waals surface area contributed by atoms with Crippen LogP contribution in [-0.4, -0.2) is 47.0 Å². The first-order chi connectivity index (χ1) is 10.2. The highest BCUT2D eigenvalue weighted by Gasteiger charge is 2.21. The maximum Gasteiger partial charge on any atom is 0.228 e. The van der Waals surface area contributed by atoms with Crippen LogP contribution in [0.1, 0.15) is 5.69 Å². The third-order valence-corrected chi connectivity index (χ3v) is 3.94. The molecule has 0 bridgehead atoms. The Morgan fingerprint density at radius 3 is 2.76 bits per heavy atom. The van der Waals surface area contributed by atoms with Crippen molar-refractivity contribution >= 4 is 23.2 Å². The molecule has 1 saturated heterocycles. The van der Waals surface area contributed by atoms with Gasteiger partial charge in [-0.1, -0.05) is 17.7 Å². The molecule has 110 valence electrons. The van der Waals surface area contributed by atoms with E-state index in [0.717, 1.165) is 42.6 Å². The summed E-state index contributed by atoms with van der Waals surface area (Å²) in [7, 11) is 0. The first-order valence-electron chi connectivity index (χ1n) is 6.98. The zero-order valence-corrected chi connectivity index (χ0v) is 12.4. The van der Waals surface area contributed by atoms with Crippen molar-refractivity contribution in [1.29, 1.82) is 0 Å². The van der Waals surface area contributed by atoms with Gasteiger partial charge in [0.25, 0.3) is 0 Å². The van der Waals surface area contributed by atoms with E-state index in [0.29, 0.717) is 6.42 Å². The lowest BCUT2D eigenvalue weighted by Crippen LogP contribution is -2.49. The second-order valence-corrected chi connectivity index (χ2v) is 5.54. The number of H-pyrrole nitrogens is 1. The zero-order valence-electron chi connectivity index (χ0n) is 11.6. The van der Waals surface area contributed by atoms with Crippen LogP contribution in [0.5, 0.6) is 0 Å². The van der Waals surface area contributed by atoms with Gasteiger partial charge in [0.2, 0.25) is 5.91 Å². The lowest BCUT2D eigenvalue weighted by molar-refractivity contribution is -0.130. The largest absolute Gasteiger partial charge is 0.368 e. The number of rotatable bonds is 3. The number of amides is 1. The molecule has 1 aromatic heterocycles. The number of benzene rings is 1. The van der Waals surface area contributed by atoms with Crippen molar-refractivity contribution in [1.82, 2.24) is 14.9 Å². The van der Waals surface area contributed by atoms with E-state index in [4.69, 9.17) is 11.6 Å². The highest BCUT2D eigenvalue weighted by atomic mass is 35.5. The summed E-state index contributed by atoms with van der Waals surface area (Å²) >= 11 is 6.02. The van der Waals surface area contributed by atoms with Gasteiger partial charge in [0.15, 0.2) is 0 Å². The van der Waals surface area contributed by atoms with Crippen molar-refractivity contribution in [3.63, 3.8) is 0 Å². The molecule has 1 aliphatic rings. The Morgan fingerprint density at radius 2 is 2.10 bits per heavy atom. The molecular formula is C15H17ClN4O. The van der Waals surface area contributed by atoms with E-state index in [2.05, 4.69) is 14.9 Å². The molecule has 1 aliphatic heterocycles. The molecule has 1 aromatic carbocycles. The molecule has 1 fully saturated rings. The quantitative estimate of drug-likeness (QED) is 0.943. The highest BCUT2D eigenvalue weighted by molar-refractivity contribution is 6.30. The molecule has 0 saturated carbocycles. The maximum absolute atomic E-state index is 12.2. The molecule has 1 amide bonds. The summed E-state index contributed by atoms with van der Waals surface area (Å²) in [6.45, 7) is 3.13. The van der Waals surface area contributed by atoms with Crippen molar-refractivity contribution in [2.45, 2.75) is 6.42 Å². The molecule has 21 heavy (non-hydrogen) atoms. The summed E-state index contributed by atoms with van der Waals surface area (Å²) in [5.41, 5.74) is 1.97. The Balaban J connectivity index is 1.56. The molecule has 2 aromatic rings. The normalized spacial score (nSPS) is 15.3. The third-order valence-electron chi connectivity index (χ3n) is 3.70. The minimum atomic E-state index is 0.144. The topological polar surface area (TPSA) is 52.2 Å². The second kappa shape index (κ2) is 6.18. The number of aromatic nitrogens is 2. The summed E-state index contributed by atoms with van der Waals surface area (Å²) in [6.07, 6.45) is 3.68. The SMILES string of the molecule is O=C(Cc1cnc[nH]1)N1CCN(c2cccc(Cl)c2)CC1. The van der Waals surface area contributed by atoms with Crippen molar-refractivity contribution < 1.29 is 4.79 Å². The smallest absolute Gasteiger partial charge is 0.228 e. The zero-order chi connectivity index (χ0) is 14.7. The summed E-state index contributed by atoms with van der Waals surface area (Å²) in [6, 6.07) is 7.83. The molecule has 0 spiro atoms. The number of hydrogen-bond donors (Lipinski definition) is 1. The fraction of sp³-hybridized carbons (Fsp3) is 0.333. The van der Waals surface area contributed by atoms with Crippen LogP contribution in [0, 0.1) is 0 Å². The van der Waals surface area contributed by atoms with Gasteiger partial charge in [0, 0.05) is 48.8 Å². The molecular weight excluding hydrogens is 288 g/mol. The highest BCUT2D eigenvalue weighted by Crippen LogP contribution is 2.20. The van der Waals surface area contributed by atoms with Crippen LogP contribution in [0.15, 0.2) is 36.8 Å². The fourth-order valence-electron chi connectivity index (χ4n) is 2.54. The van der Waals surface area contributed by atoms with E-state index >= 15 is 0 Å². The number of aromatic amines is 1. The number of anilines is 1. The number of nitrogens with one attached hydrogen (secondary N) is 1. The molecule has 2 heterocycles. The molecule has 0 radical (unpaired) electrons. The van der Waals surface area contributed by atoms with E-state index < -0.39 is 0 Å². The van der Waals surface area contributed by atoms with Gasteiger partial charge in [0.05, 0.1) is 12.7 Å². The second-order valence-electron chi connectivity index (χ2n) is 5.10. The number of carbonyl (C=O) groups is 1. The van der Waals surface area contributed by atoms with Gasteiger partial charge in [-0.25, -0.2) is 4.98 Å². The van der Waals surface area contributed by atoms with E-state index in [1.165, 1.54) is 0 Å². The predicted molar refractivity (Wildman–Crippen MR) is 82.5 cm³/mol. The summed E-state index contributed by atoms with van der Waals surface area (Å²) < 4.78 is 0. The number of halogens is 1. The molecule has 6 heteroatoms. The Hall–Kier alpha value is -2.01. The van der Waals surface area contributed by atoms with Gasteiger partial charge in [0.1, 0.15) is 0 Å². The Morgan fingerprint density at radius 1 is 1.29 bits per heavy atom. The van der Waals surface area contributed by atoms with Crippen molar-refractivity contribution in [2.75, 3.05) is 31.1 Å². The van der Waals surface area contributed by atoms with Crippen molar-refractivity contribution in [2.24, 2.45) is 0 Å². The first-order valence-corrected chi connectivity index (χ1v) is 7.36. The first kappa shape index (κ1) is 13.9. The summed E-state index contributed by atoms with van der Waals surface area (Å²) in [5.74, 6) is 0.144. The van der Waals surface area contributed by atoms with Gasteiger partial charge in [-0.05, 0) is 18.2 Å². The Kier molecular flexibility index (Phi) is 4.10. The number of nitrogens with zero attached hydrogens (tertiary/aromatic N) is 3. The number of piperazine rings is 1. The molecule has 0 atom stereocenters. The van der Waals surface area contributed by atoms with Gasteiger partial charge < -0.3 is 14.8 Å². The van der Waals surface area contributed by atoms with Crippen LogP contribution in [-0.2, 0) is 11.2 Å². The average Bonchev–Trinajstić information content (AvgIpc) is 3.00. The molecule has 0 unspecified atom stereocenters.